The van der Waals surface area contributed by atoms with E-state index in [1.54, 1.807) is 24.3 Å². The molecular weight excluding hydrogens is 281 g/mol. The van der Waals surface area contributed by atoms with Crippen LogP contribution in [-0.4, -0.2) is 12.3 Å². The van der Waals surface area contributed by atoms with Crippen molar-refractivity contribution in [2.75, 3.05) is 11.9 Å². The van der Waals surface area contributed by atoms with Gasteiger partial charge in [-0.1, -0.05) is 23.2 Å². The van der Waals surface area contributed by atoms with Crippen LogP contribution in [0.1, 0.15) is 16.8 Å². The van der Waals surface area contributed by atoms with Crippen molar-refractivity contribution in [3.8, 4) is 0 Å². The minimum atomic E-state index is 0.0955. The van der Waals surface area contributed by atoms with E-state index in [1.165, 1.54) is 0 Å². The summed E-state index contributed by atoms with van der Waals surface area (Å²) < 4.78 is 0. The highest BCUT2D eigenvalue weighted by Crippen LogP contribution is 2.14. The van der Waals surface area contributed by atoms with Crippen LogP contribution in [0.5, 0.6) is 0 Å². The number of nitrogens with one attached hydrogen (secondary N) is 1. The summed E-state index contributed by atoms with van der Waals surface area (Å²) in [5.41, 5.74) is 1.63. The zero-order valence-electron chi connectivity index (χ0n) is 10.2. The van der Waals surface area contributed by atoms with Crippen molar-refractivity contribution in [1.82, 2.24) is 0 Å². The third-order valence-electron chi connectivity index (χ3n) is 2.69. The second-order valence-corrected chi connectivity index (χ2v) is 4.99. The quantitative estimate of drug-likeness (QED) is 0.811. The molecule has 0 unspecified atom stereocenters. The van der Waals surface area contributed by atoms with Crippen LogP contribution in [0.4, 0.5) is 5.69 Å². The van der Waals surface area contributed by atoms with Crippen molar-refractivity contribution in [3.05, 3.63) is 64.1 Å². The lowest BCUT2D eigenvalue weighted by molar-refractivity contribution is 0.0986. The number of hydrogen-bond donors (Lipinski definition) is 1. The van der Waals surface area contributed by atoms with Gasteiger partial charge in [0.1, 0.15) is 0 Å². The van der Waals surface area contributed by atoms with Crippen molar-refractivity contribution in [3.63, 3.8) is 0 Å². The third kappa shape index (κ3) is 4.27. The molecule has 2 nitrogen and oxygen atoms in total. The van der Waals surface area contributed by atoms with Gasteiger partial charge in [-0.25, -0.2) is 0 Å². The molecule has 0 aliphatic carbocycles. The third-order valence-corrected chi connectivity index (χ3v) is 3.20. The Morgan fingerprint density at radius 3 is 2.00 bits per heavy atom. The van der Waals surface area contributed by atoms with E-state index in [2.05, 4.69) is 5.32 Å². The lowest BCUT2D eigenvalue weighted by atomic mass is 10.1. The van der Waals surface area contributed by atoms with E-state index >= 15 is 0 Å². The molecule has 0 amide bonds. The first-order chi connectivity index (χ1) is 9.15. The maximum Gasteiger partial charge on any atom is 0.164 e. The van der Waals surface area contributed by atoms with E-state index < -0.39 is 0 Å². The van der Waals surface area contributed by atoms with Gasteiger partial charge in [-0.05, 0) is 48.5 Å². The monoisotopic (exact) mass is 293 g/mol. The van der Waals surface area contributed by atoms with E-state index in [-0.39, 0.29) is 5.78 Å². The van der Waals surface area contributed by atoms with E-state index in [0.717, 1.165) is 5.69 Å². The van der Waals surface area contributed by atoms with Gasteiger partial charge in [0.05, 0.1) is 0 Å². The van der Waals surface area contributed by atoms with Crippen LogP contribution in [0, 0.1) is 0 Å². The Bertz CT molecular complexity index is 549. The molecule has 2 rings (SSSR count). The van der Waals surface area contributed by atoms with Gasteiger partial charge in [0.25, 0.3) is 0 Å². The molecule has 0 spiro atoms. The minimum absolute atomic E-state index is 0.0955. The van der Waals surface area contributed by atoms with Crippen LogP contribution in [0.2, 0.25) is 10.0 Å². The van der Waals surface area contributed by atoms with Crippen molar-refractivity contribution in [2.24, 2.45) is 0 Å². The Morgan fingerprint density at radius 2 is 1.42 bits per heavy atom. The summed E-state index contributed by atoms with van der Waals surface area (Å²) in [6.45, 7) is 0.586. The summed E-state index contributed by atoms with van der Waals surface area (Å²) in [6, 6.07) is 14.3. The topological polar surface area (TPSA) is 29.1 Å². The molecule has 0 heterocycles. The molecule has 19 heavy (non-hydrogen) atoms. The van der Waals surface area contributed by atoms with Gasteiger partial charge < -0.3 is 5.32 Å². The zero-order valence-corrected chi connectivity index (χ0v) is 11.7. The van der Waals surface area contributed by atoms with Gasteiger partial charge in [-0.15, -0.1) is 0 Å². The number of Topliss-reactive ketones (excluding diaryl/α,β-unsaturated/α-hetero) is 1. The fraction of sp³-hybridized carbons (Fsp3) is 0.133. The standard InChI is InChI=1S/C15H13Cl2NO/c16-12-3-1-11(2-4-12)15(19)9-10-18-14-7-5-13(17)6-8-14/h1-8,18H,9-10H2. The van der Waals surface area contributed by atoms with Crippen LogP contribution in [0.3, 0.4) is 0 Å². The summed E-state index contributed by atoms with van der Waals surface area (Å²) in [5.74, 6) is 0.0955. The second kappa shape index (κ2) is 6.60. The Kier molecular flexibility index (Phi) is 4.83. The van der Waals surface area contributed by atoms with Crippen molar-refractivity contribution in [1.29, 1.82) is 0 Å². The lowest BCUT2D eigenvalue weighted by Gasteiger charge is -2.06. The molecule has 0 aliphatic rings. The van der Waals surface area contributed by atoms with Gasteiger partial charge in [-0.3, -0.25) is 4.79 Å². The molecule has 1 N–H and O–H groups in total. The highest BCUT2D eigenvalue weighted by atomic mass is 35.5. The summed E-state index contributed by atoms with van der Waals surface area (Å²) in [5, 5.41) is 4.51. The predicted molar refractivity (Wildman–Crippen MR) is 80.3 cm³/mol. The highest BCUT2D eigenvalue weighted by Gasteiger charge is 2.05. The molecule has 2 aromatic carbocycles. The van der Waals surface area contributed by atoms with Crippen LogP contribution in [0.15, 0.2) is 48.5 Å². The van der Waals surface area contributed by atoms with Crippen LogP contribution in [-0.2, 0) is 0 Å². The maximum atomic E-state index is 11.9. The summed E-state index contributed by atoms with van der Waals surface area (Å²) in [4.78, 5) is 11.9. The van der Waals surface area contributed by atoms with E-state index in [1.807, 2.05) is 24.3 Å². The largest absolute Gasteiger partial charge is 0.385 e. The Hall–Kier alpha value is -1.51. The second-order valence-electron chi connectivity index (χ2n) is 4.11. The molecule has 0 aromatic heterocycles. The first-order valence-corrected chi connectivity index (χ1v) is 6.69. The molecule has 4 heteroatoms. The molecule has 98 valence electrons. The molecule has 0 saturated heterocycles. The van der Waals surface area contributed by atoms with Crippen LogP contribution >= 0.6 is 23.2 Å². The zero-order chi connectivity index (χ0) is 13.7. The SMILES string of the molecule is O=C(CCNc1ccc(Cl)cc1)c1ccc(Cl)cc1. The van der Waals surface area contributed by atoms with Crippen LogP contribution < -0.4 is 5.32 Å². The Labute approximate surface area is 122 Å². The fourth-order valence-electron chi connectivity index (χ4n) is 1.67. The lowest BCUT2D eigenvalue weighted by Crippen LogP contribution is -2.08. The first kappa shape index (κ1) is 13.9. The van der Waals surface area contributed by atoms with Crippen molar-refractivity contribution in [2.45, 2.75) is 6.42 Å². The number of halogens is 2. The number of carbonyl (C=O) groups excluding carboxylic acids is 1. The van der Waals surface area contributed by atoms with Gasteiger partial charge in [0.2, 0.25) is 0 Å². The predicted octanol–water partition coefficient (Wildman–Crippen LogP) is 4.68. The Balaban J connectivity index is 1.84. The van der Waals surface area contributed by atoms with Gasteiger partial charge in [0, 0.05) is 34.3 Å². The van der Waals surface area contributed by atoms with Crippen molar-refractivity contribution < 1.29 is 4.79 Å². The van der Waals surface area contributed by atoms with Gasteiger partial charge >= 0.3 is 0 Å². The highest BCUT2D eigenvalue weighted by molar-refractivity contribution is 6.30. The number of anilines is 1. The molecular formula is C15H13Cl2NO. The molecule has 0 saturated carbocycles. The first-order valence-electron chi connectivity index (χ1n) is 5.93. The molecule has 0 atom stereocenters. The normalized spacial score (nSPS) is 10.2. The summed E-state index contributed by atoms with van der Waals surface area (Å²) in [6.07, 6.45) is 0.435. The number of hydrogen-bond acceptors (Lipinski definition) is 2. The van der Waals surface area contributed by atoms with E-state index in [9.17, 15) is 4.79 Å². The summed E-state index contributed by atoms with van der Waals surface area (Å²) in [7, 11) is 0. The number of ketones is 1. The minimum Gasteiger partial charge on any atom is -0.385 e. The van der Waals surface area contributed by atoms with Crippen molar-refractivity contribution >= 4 is 34.7 Å². The van der Waals surface area contributed by atoms with E-state index in [0.29, 0.717) is 28.6 Å². The summed E-state index contributed by atoms with van der Waals surface area (Å²) >= 11 is 11.6. The molecule has 0 radical (unpaired) electrons. The maximum absolute atomic E-state index is 11.9. The fourth-order valence-corrected chi connectivity index (χ4v) is 1.92. The number of rotatable bonds is 5. The van der Waals surface area contributed by atoms with E-state index in [4.69, 9.17) is 23.2 Å². The number of benzene rings is 2. The Morgan fingerprint density at radius 1 is 0.895 bits per heavy atom. The van der Waals surface area contributed by atoms with Gasteiger partial charge in [-0.2, -0.15) is 0 Å². The van der Waals surface area contributed by atoms with Gasteiger partial charge in [0.15, 0.2) is 5.78 Å². The smallest absolute Gasteiger partial charge is 0.164 e. The van der Waals surface area contributed by atoms with Crippen LogP contribution in [0.25, 0.3) is 0 Å². The molecule has 0 fully saturated rings. The molecule has 0 aliphatic heterocycles. The molecule has 0 bridgehead atoms. The molecule has 2 aromatic rings. The average Bonchev–Trinajstić information content (AvgIpc) is 2.41. The number of carbonyl (C=O) groups is 1. The average molecular weight is 294 g/mol.